The van der Waals surface area contributed by atoms with Gasteiger partial charge in [-0.25, -0.2) is 9.97 Å². The Kier molecular flexibility index (Phi) is 8.53. The fourth-order valence-electron chi connectivity index (χ4n) is 2.38. The normalized spacial score (nSPS) is 11.0. The molecule has 0 spiro atoms. The van der Waals surface area contributed by atoms with E-state index >= 15 is 0 Å². The first-order valence-corrected chi connectivity index (χ1v) is 8.67. The number of hydrogen-bond acceptors (Lipinski definition) is 4. The SMILES string of the molecule is CN=C(NCCc1ccc(Cl)nc1)NCc1coc(-c2ccccc2)n1.I. The molecule has 2 heterocycles. The molecule has 0 aliphatic rings. The number of rotatable bonds is 6. The zero-order valence-electron chi connectivity index (χ0n) is 14.9. The van der Waals surface area contributed by atoms with Crippen molar-refractivity contribution in [2.24, 2.45) is 4.99 Å². The summed E-state index contributed by atoms with van der Waals surface area (Å²) in [6.45, 7) is 1.26. The van der Waals surface area contributed by atoms with Crippen LogP contribution in [0.2, 0.25) is 5.15 Å². The highest BCUT2D eigenvalue weighted by atomic mass is 127. The largest absolute Gasteiger partial charge is 0.444 e. The zero-order valence-corrected chi connectivity index (χ0v) is 17.9. The van der Waals surface area contributed by atoms with E-state index in [2.05, 4.69) is 25.6 Å². The predicted octanol–water partition coefficient (Wildman–Crippen LogP) is 3.92. The van der Waals surface area contributed by atoms with Gasteiger partial charge in [-0.15, -0.1) is 24.0 Å². The second kappa shape index (κ2) is 10.9. The van der Waals surface area contributed by atoms with Crippen molar-refractivity contribution in [1.82, 2.24) is 20.6 Å². The Balaban J connectivity index is 0.00000261. The topological polar surface area (TPSA) is 75.3 Å². The fraction of sp³-hybridized carbons (Fsp3) is 0.211. The van der Waals surface area contributed by atoms with Crippen molar-refractivity contribution in [1.29, 1.82) is 0 Å². The highest BCUT2D eigenvalue weighted by Crippen LogP contribution is 2.17. The van der Waals surface area contributed by atoms with Crippen LogP contribution in [0.25, 0.3) is 11.5 Å². The van der Waals surface area contributed by atoms with Crippen molar-refractivity contribution in [2.75, 3.05) is 13.6 Å². The molecule has 2 N–H and O–H groups in total. The summed E-state index contributed by atoms with van der Waals surface area (Å²) >= 11 is 5.79. The number of pyridine rings is 1. The molecule has 0 atom stereocenters. The highest BCUT2D eigenvalue weighted by molar-refractivity contribution is 14.0. The molecule has 0 bridgehead atoms. The summed E-state index contributed by atoms with van der Waals surface area (Å²) in [6.07, 6.45) is 4.26. The first-order valence-electron chi connectivity index (χ1n) is 8.29. The smallest absolute Gasteiger partial charge is 0.226 e. The molecule has 2 aromatic heterocycles. The quantitative estimate of drug-likeness (QED) is 0.234. The fourth-order valence-corrected chi connectivity index (χ4v) is 2.49. The van der Waals surface area contributed by atoms with Gasteiger partial charge in [-0.05, 0) is 30.2 Å². The minimum absolute atomic E-state index is 0. The van der Waals surface area contributed by atoms with Crippen LogP contribution in [-0.4, -0.2) is 29.5 Å². The lowest BCUT2D eigenvalue weighted by atomic mass is 10.2. The average Bonchev–Trinajstić information content (AvgIpc) is 3.16. The van der Waals surface area contributed by atoms with Crippen LogP contribution >= 0.6 is 35.6 Å². The lowest BCUT2D eigenvalue weighted by Crippen LogP contribution is -2.37. The Hall–Kier alpha value is -2.13. The number of nitrogens with one attached hydrogen (secondary N) is 2. The summed E-state index contributed by atoms with van der Waals surface area (Å²) in [5.41, 5.74) is 2.88. The van der Waals surface area contributed by atoms with Crippen molar-refractivity contribution in [3.63, 3.8) is 0 Å². The molecular formula is C19H21ClIN5O. The van der Waals surface area contributed by atoms with E-state index in [1.807, 2.05) is 36.4 Å². The number of nitrogens with zero attached hydrogens (tertiary/aromatic N) is 3. The van der Waals surface area contributed by atoms with Crippen LogP contribution in [0, 0.1) is 0 Å². The second-order valence-corrected chi connectivity index (χ2v) is 5.99. The maximum absolute atomic E-state index is 5.79. The molecule has 0 saturated carbocycles. The molecular weight excluding hydrogens is 477 g/mol. The molecule has 0 aliphatic carbocycles. The van der Waals surface area contributed by atoms with Gasteiger partial charge < -0.3 is 15.1 Å². The maximum Gasteiger partial charge on any atom is 0.226 e. The number of hydrogen-bond donors (Lipinski definition) is 2. The van der Waals surface area contributed by atoms with Crippen LogP contribution in [0.4, 0.5) is 0 Å². The van der Waals surface area contributed by atoms with Crippen molar-refractivity contribution in [2.45, 2.75) is 13.0 Å². The van der Waals surface area contributed by atoms with Gasteiger partial charge in [-0.1, -0.05) is 35.9 Å². The van der Waals surface area contributed by atoms with Gasteiger partial charge in [0.25, 0.3) is 0 Å². The number of halogens is 2. The molecule has 0 radical (unpaired) electrons. The number of guanidine groups is 1. The maximum atomic E-state index is 5.79. The van der Waals surface area contributed by atoms with Crippen LogP contribution in [0.5, 0.6) is 0 Å². The Labute approximate surface area is 180 Å². The van der Waals surface area contributed by atoms with Gasteiger partial charge in [0.1, 0.15) is 11.4 Å². The van der Waals surface area contributed by atoms with E-state index in [1.54, 1.807) is 25.6 Å². The molecule has 142 valence electrons. The van der Waals surface area contributed by atoms with E-state index in [0.717, 1.165) is 29.8 Å². The summed E-state index contributed by atoms with van der Waals surface area (Å²) in [7, 11) is 1.73. The van der Waals surface area contributed by atoms with Crippen LogP contribution in [0.1, 0.15) is 11.3 Å². The summed E-state index contributed by atoms with van der Waals surface area (Å²) in [5, 5.41) is 6.99. The van der Waals surface area contributed by atoms with Gasteiger partial charge in [0, 0.05) is 25.4 Å². The Morgan fingerprint density at radius 1 is 1.15 bits per heavy atom. The summed E-state index contributed by atoms with van der Waals surface area (Å²) in [4.78, 5) is 12.8. The molecule has 3 aromatic rings. The molecule has 0 aliphatic heterocycles. The zero-order chi connectivity index (χ0) is 18.2. The van der Waals surface area contributed by atoms with E-state index < -0.39 is 0 Å². The molecule has 8 heteroatoms. The third-order valence-corrected chi connectivity index (χ3v) is 3.95. The minimum Gasteiger partial charge on any atom is -0.444 e. The first kappa shape index (κ1) is 21.2. The van der Waals surface area contributed by atoms with Crippen LogP contribution < -0.4 is 10.6 Å². The van der Waals surface area contributed by atoms with E-state index in [0.29, 0.717) is 23.5 Å². The minimum atomic E-state index is 0. The molecule has 6 nitrogen and oxygen atoms in total. The van der Waals surface area contributed by atoms with Gasteiger partial charge in [-0.3, -0.25) is 4.99 Å². The molecule has 1 aromatic carbocycles. The molecule has 0 unspecified atom stereocenters. The van der Waals surface area contributed by atoms with E-state index in [4.69, 9.17) is 16.0 Å². The van der Waals surface area contributed by atoms with Crippen molar-refractivity contribution >= 4 is 41.5 Å². The highest BCUT2D eigenvalue weighted by Gasteiger charge is 2.07. The van der Waals surface area contributed by atoms with Gasteiger partial charge in [0.15, 0.2) is 5.96 Å². The lowest BCUT2D eigenvalue weighted by Gasteiger charge is -2.10. The third kappa shape index (κ3) is 6.51. The summed E-state index contributed by atoms with van der Waals surface area (Å²) in [5.74, 6) is 1.32. The molecule has 3 rings (SSSR count). The Morgan fingerprint density at radius 2 is 1.96 bits per heavy atom. The van der Waals surface area contributed by atoms with Gasteiger partial charge >= 0.3 is 0 Å². The van der Waals surface area contributed by atoms with E-state index in [9.17, 15) is 0 Å². The second-order valence-electron chi connectivity index (χ2n) is 5.60. The van der Waals surface area contributed by atoms with Crippen LogP contribution in [0.15, 0.2) is 64.3 Å². The van der Waals surface area contributed by atoms with Gasteiger partial charge in [0.05, 0.1) is 12.2 Å². The van der Waals surface area contributed by atoms with Crippen LogP contribution in [-0.2, 0) is 13.0 Å². The predicted molar refractivity (Wildman–Crippen MR) is 119 cm³/mol. The molecule has 0 saturated heterocycles. The van der Waals surface area contributed by atoms with Gasteiger partial charge in [0.2, 0.25) is 5.89 Å². The number of aliphatic imine (C=N–C) groups is 1. The van der Waals surface area contributed by atoms with Gasteiger partial charge in [-0.2, -0.15) is 0 Å². The van der Waals surface area contributed by atoms with E-state index in [1.165, 1.54) is 0 Å². The Morgan fingerprint density at radius 3 is 2.67 bits per heavy atom. The summed E-state index contributed by atoms with van der Waals surface area (Å²) < 4.78 is 5.54. The standard InChI is InChI=1S/C19H20ClN5O.HI/c1-21-19(22-10-9-14-7-8-17(20)23-11-14)24-12-16-13-26-18(25-16)15-5-3-2-4-6-15;/h2-8,11,13H,9-10,12H2,1H3,(H2,21,22,24);1H. The molecule has 0 fully saturated rings. The Bertz CT molecular complexity index is 852. The number of benzene rings is 1. The average molecular weight is 498 g/mol. The molecule has 0 amide bonds. The monoisotopic (exact) mass is 497 g/mol. The number of aromatic nitrogens is 2. The van der Waals surface area contributed by atoms with Crippen molar-refractivity contribution in [3.05, 3.63) is 71.3 Å². The lowest BCUT2D eigenvalue weighted by molar-refractivity contribution is 0.572. The van der Waals surface area contributed by atoms with E-state index in [-0.39, 0.29) is 24.0 Å². The van der Waals surface area contributed by atoms with Crippen molar-refractivity contribution < 1.29 is 4.42 Å². The third-order valence-electron chi connectivity index (χ3n) is 3.73. The number of oxazole rings is 1. The molecule has 27 heavy (non-hydrogen) atoms. The first-order chi connectivity index (χ1) is 12.7. The van der Waals surface area contributed by atoms with Crippen molar-refractivity contribution in [3.8, 4) is 11.5 Å². The van der Waals surface area contributed by atoms with Crippen LogP contribution in [0.3, 0.4) is 0 Å². The summed E-state index contributed by atoms with van der Waals surface area (Å²) in [6, 6.07) is 13.6.